The number of aryl methyl sites for hydroxylation is 2. The first-order valence-corrected chi connectivity index (χ1v) is 8.10. The lowest BCUT2D eigenvalue weighted by Gasteiger charge is -2.17. The fraction of sp³-hybridized carbons (Fsp3) is 0.235. The van der Waals surface area contributed by atoms with Crippen molar-refractivity contribution in [1.82, 2.24) is 0 Å². The molecule has 0 aromatic heterocycles. The molecule has 0 radical (unpaired) electrons. The highest BCUT2D eigenvalue weighted by Gasteiger charge is 2.18. The monoisotopic (exact) mass is 371 g/mol. The average molecular weight is 373 g/mol. The number of anilines is 1. The second-order valence-electron chi connectivity index (χ2n) is 5.26. The van der Waals surface area contributed by atoms with E-state index in [1.807, 2.05) is 32.0 Å². The molecule has 122 valence electrons. The third-order valence-electron chi connectivity index (χ3n) is 3.29. The fourth-order valence-electron chi connectivity index (χ4n) is 2.03. The van der Waals surface area contributed by atoms with Crippen LogP contribution in [0.5, 0.6) is 5.75 Å². The number of nitrogens with one attached hydrogen (secondary N) is 1. The molecule has 0 aliphatic rings. The Morgan fingerprint density at radius 1 is 1.04 bits per heavy atom. The van der Waals surface area contributed by atoms with Crippen LogP contribution in [0.2, 0.25) is 15.1 Å². The smallest absolute Gasteiger partial charge is 0.265 e. The van der Waals surface area contributed by atoms with Crippen molar-refractivity contribution in [2.75, 3.05) is 5.32 Å². The van der Waals surface area contributed by atoms with E-state index in [1.165, 1.54) is 12.1 Å². The molecule has 2 aromatic rings. The normalized spacial score (nSPS) is 11.9. The van der Waals surface area contributed by atoms with Crippen molar-refractivity contribution in [1.29, 1.82) is 0 Å². The van der Waals surface area contributed by atoms with Gasteiger partial charge in [0.05, 0.1) is 15.1 Å². The Morgan fingerprint density at radius 3 is 2.35 bits per heavy atom. The summed E-state index contributed by atoms with van der Waals surface area (Å²) < 4.78 is 5.59. The summed E-state index contributed by atoms with van der Waals surface area (Å²) in [7, 11) is 0. The molecule has 0 aliphatic heterocycles. The van der Waals surface area contributed by atoms with Crippen molar-refractivity contribution in [3.63, 3.8) is 0 Å². The lowest BCUT2D eigenvalue weighted by Crippen LogP contribution is -2.30. The molecule has 0 fully saturated rings. The topological polar surface area (TPSA) is 38.3 Å². The summed E-state index contributed by atoms with van der Waals surface area (Å²) in [6.07, 6.45) is -0.745. The van der Waals surface area contributed by atoms with Crippen LogP contribution in [0.25, 0.3) is 0 Å². The number of benzene rings is 2. The van der Waals surface area contributed by atoms with Gasteiger partial charge in [0.15, 0.2) is 6.10 Å². The molecule has 0 saturated heterocycles. The molecule has 3 nitrogen and oxygen atoms in total. The van der Waals surface area contributed by atoms with Gasteiger partial charge in [-0.2, -0.15) is 0 Å². The standard InChI is InChI=1S/C17H16Cl3NO2/c1-9-4-5-15(10(2)6-9)21-17(22)11(3)23-16-8-13(19)12(18)7-14(16)20/h4-8,11H,1-3H3,(H,21,22). The summed E-state index contributed by atoms with van der Waals surface area (Å²) in [4.78, 5) is 12.3. The van der Waals surface area contributed by atoms with Crippen molar-refractivity contribution >= 4 is 46.4 Å². The van der Waals surface area contributed by atoms with Gasteiger partial charge in [-0.1, -0.05) is 52.5 Å². The van der Waals surface area contributed by atoms with Crippen LogP contribution >= 0.6 is 34.8 Å². The summed E-state index contributed by atoms with van der Waals surface area (Å²) in [5.41, 5.74) is 2.86. The Hall–Kier alpha value is -1.42. The van der Waals surface area contributed by atoms with Gasteiger partial charge in [0.2, 0.25) is 0 Å². The van der Waals surface area contributed by atoms with E-state index in [-0.39, 0.29) is 5.91 Å². The van der Waals surface area contributed by atoms with E-state index >= 15 is 0 Å². The quantitative estimate of drug-likeness (QED) is 0.702. The minimum Gasteiger partial charge on any atom is -0.479 e. The maximum atomic E-state index is 12.3. The van der Waals surface area contributed by atoms with Gasteiger partial charge in [-0.25, -0.2) is 0 Å². The van der Waals surface area contributed by atoms with E-state index in [4.69, 9.17) is 39.5 Å². The van der Waals surface area contributed by atoms with Gasteiger partial charge in [0.1, 0.15) is 5.75 Å². The van der Waals surface area contributed by atoms with E-state index in [2.05, 4.69) is 5.32 Å². The SMILES string of the molecule is Cc1ccc(NC(=O)C(C)Oc2cc(Cl)c(Cl)cc2Cl)c(C)c1. The van der Waals surface area contributed by atoms with Crippen molar-refractivity contribution in [2.24, 2.45) is 0 Å². The molecular formula is C17H16Cl3NO2. The predicted octanol–water partition coefficient (Wildman–Crippen LogP) is 5.67. The number of rotatable bonds is 4. The zero-order valence-corrected chi connectivity index (χ0v) is 15.2. The van der Waals surface area contributed by atoms with Crippen molar-refractivity contribution in [2.45, 2.75) is 26.9 Å². The Balaban J connectivity index is 2.10. The van der Waals surface area contributed by atoms with E-state index < -0.39 is 6.10 Å². The summed E-state index contributed by atoms with van der Waals surface area (Å²) in [5.74, 6) is 0.0310. The molecular weight excluding hydrogens is 357 g/mol. The molecule has 1 N–H and O–H groups in total. The van der Waals surface area contributed by atoms with Gasteiger partial charge in [0, 0.05) is 11.8 Å². The number of carbonyl (C=O) groups is 1. The zero-order chi connectivity index (χ0) is 17.1. The highest BCUT2D eigenvalue weighted by atomic mass is 35.5. The fourth-order valence-corrected chi connectivity index (χ4v) is 2.61. The first kappa shape index (κ1) is 17.9. The molecule has 0 spiro atoms. The minimum atomic E-state index is -0.745. The molecule has 0 heterocycles. The summed E-state index contributed by atoms with van der Waals surface area (Å²) in [5, 5.41) is 3.78. The maximum absolute atomic E-state index is 12.3. The number of ether oxygens (including phenoxy) is 1. The van der Waals surface area contributed by atoms with Crippen LogP contribution in [0.15, 0.2) is 30.3 Å². The molecule has 0 aliphatic carbocycles. The summed E-state index contributed by atoms with van der Waals surface area (Å²) in [6, 6.07) is 8.77. The van der Waals surface area contributed by atoms with Crippen molar-refractivity contribution in [3.05, 3.63) is 56.5 Å². The minimum absolute atomic E-state index is 0.279. The highest BCUT2D eigenvalue weighted by molar-refractivity contribution is 6.43. The number of hydrogen-bond acceptors (Lipinski definition) is 2. The Kier molecular flexibility index (Phi) is 5.79. The van der Waals surface area contributed by atoms with Gasteiger partial charge < -0.3 is 10.1 Å². The Morgan fingerprint density at radius 2 is 1.70 bits per heavy atom. The predicted molar refractivity (Wildman–Crippen MR) is 96.1 cm³/mol. The van der Waals surface area contributed by atoms with Crippen LogP contribution in [-0.2, 0) is 4.79 Å². The van der Waals surface area contributed by atoms with Crippen LogP contribution in [-0.4, -0.2) is 12.0 Å². The third kappa shape index (κ3) is 4.54. The first-order chi connectivity index (χ1) is 10.8. The van der Waals surface area contributed by atoms with Crippen LogP contribution in [0, 0.1) is 13.8 Å². The van der Waals surface area contributed by atoms with Crippen LogP contribution in [0.1, 0.15) is 18.1 Å². The molecule has 6 heteroatoms. The lowest BCUT2D eigenvalue weighted by molar-refractivity contribution is -0.122. The van der Waals surface area contributed by atoms with Gasteiger partial charge in [-0.05, 0) is 38.5 Å². The van der Waals surface area contributed by atoms with E-state index in [9.17, 15) is 4.79 Å². The molecule has 1 amide bonds. The third-order valence-corrected chi connectivity index (χ3v) is 4.31. The second-order valence-corrected chi connectivity index (χ2v) is 6.49. The number of halogens is 3. The van der Waals surface area contributed by atoms with E-state index in [1.54, 1.807) is 6.92 Å². The molecule has 23 heavy (non-hydrogen) atoms. The molecule has 1 atom stereocenters. The number of carbonyl (C=O) groups excluding carboxylic acids is 1. The zero-order valence-electron chi connectivity index (χ0n) is 12.9. The molecule has 0 bridgehead atoms. The average Bonchev–Trinajstić information content (AvgIpc) is 2.47. The maximum Gasteiger partial charge on any atom is 0.265 e. The van der Waals surface area contributed by atoms with Crippen molar-refractivity contribution in [3.8, 4) is 5.75 Å². The van der Waals surface area contributed by atoms with Crippen molar-refractivity contribution < 1.29 is 9.53 Å². The van der Waals surface area contributed by atoms with Crippen LogP contribution < -0.4 is 10.1 Å². The number of amides is 1. The molecule has 1 unspecified atom stereocenters. The summed E-state index contributed by atoms with van der Waals surface area (Å²) >= 11 is 17.9. The van der Waals surface area contributed by atoms with Gasteiger partial charge in [0.25, 0.3) is 5.91 Å². The van der Waals surface area contributed by atoms with E-state index in [0.717, 1.165) is 16.8 Å². The lowest BCUT2D eigenvalue weighted by atomic mass is 10.1. The van der Waals surface area contributed by atoms with Gasteiger partial charge >= 0.3 is 0 Å². The van der Waals surface area contributed by atoms with Crippen LogP contribution in [0.3, 0.4) is 0 Å². The second kappa shape index (κ2) is 7.43. The Bertz CT molecular complexity index is 747. The van der Waals surface area contributed by atoms with Crippen LogP contribution in [0.4, 0.5) is 5.69 Å². The van der Waals surface area contributed by atoms with Gasteiger partial charge in [-0.15, -0.1) is 0 Å². The summed E-state index contributed by atoms with van der Waals surface area (Å²) in [6.45, 7) is 5.57. The molecule has 0 saturated carbocycles. The number of hydrogen-bond donors (Lipinski definition) is 1. The van der Waals surface area contributed by atoms with Gasteiger partial charge in [-0.3, -0.25) is 4.79 Å². The Labute approximate surface area is 150 Å². The van der Waals surface area contributed by atoms with E-state index in [0.29, 0.717) is 20.8 Å². The largest absolute Gasteiger partial charge is 0.479 e. The molecule has 2 rings (SSSR count). The first-order valence-electron chi connectivity index (χ1n) is 6.97. The molecule has 2 aromatic carbocycles. The highest BCUT2D eigenvalue weighted by Crippen LogP contribution is 2.34.